The van der Waals surface area contributed by atoms with Crippen LogP contribution in [-0.4, -0.2) is 41.5 Å². The first-order chi connectivity index (χ1) is 13.6. The minimum Gasteiger partial charge on any atom is -0.465 e. The first-order valence-electron chi connectivity index (χ1n) is 8.38. The molecule has 2 aromatic carbocycles. The smallest absolute Gasteiger partial charge is 0.338 e. The lowest BCUT2D eigenvalue weighted by Crippen LogP contribution is -2.28. The molecule has 0 aliphatic rings. The van der Waals surface area contributed by atoms with E-state index >= 15 is 0 Å². The number of hydrogen-bond donors (Lipinski definition) is 1. The quantitative estimate of drug-likeness (QED) is 0.652. The van der Waals surface area contributed by atoms with Gasteiger partial charge in [-0.1, -0.05) is 12.1 Å². The predicted molar refractivity (Wildman–Crippen MR) is 99.4 cm³/mol. The fraction of sp³-hybridized carbons (Fsp3) is 0.150. The second-order valence-corrected chi connectivity index (χ2v) is 5.80. The van der Waals surface area contributed by atoms with Crippen molar-refractivity contribution in [3.63, 3.8) is 0 Å². The number of esters is 2. The zero-order chi connectivity index (χ0) is 19.9. The molecular formula is C20H17N3O5. The predicted octanol–water partition coefficient (Wildman–Crippen LogP) is 1.89. The van der Waals surface area contributed by atoms with E-state index in [2.05, 4.69) is 20.0 Å². The van der Waals surface area contributed by atoms with Crippen LogP contribution < -0.4 is 5.32 Å². The van der Waals surface area contributed by atoms with Gasteiger partial charge in [0.1, 0.15) is 0 Å². The minimum atomic E-state index is -0.620. The van der Waals surface area contributed by atoms with Crippen LogP contribution in [0.4, 0.5) is 0 Å². The Bertz CT molecular complexity index is 1020. The fourth-order valence-electron chi connectivity index (χ4n) is 2.43. The number of carbonyl (C=O) groups is 3. The molecule has 0 unspecified atom stereocenters. The van der Waals surface area contributed by atoms with Crippen molar-refractivity contribution in [2.75, 3.05) is 13.7 Å². The van der Waals surface area contributed by atoms with Crippen LogP contribution in [0.25, 0.3) is 11.0 Å². The minimum absolute atomic E-state index is 0.239. The average molecular weight is 379 g/mol. The van der Waals surface area contributed by atoms with Crippen LogP contribution in [0, 0.1) is 0 Å². The highest BCUT2D eigenvalue weighted by Crippen LogP contribution is 2.12. The van der Waals surface area contributed by atoms with E-state index in [4.69, 9.17) is 4.74 Å². The van der Waals surface area contributed by atoms with E-state index in [-0.39, 0.29) is 6.54 Å². The van der Waals surface area contributed by atoms with Crippen molar-refractivity contribution in [1.29, 1.82) is 0 Å². The van der Waals surface area contributed by atoms with Crippen LogP contribution in [0.15, 0.2) is 54.9 Å². The number of fused-ring (bicyclic) bond motifs is 1. The van der Waals surface area contributed by atoms with E-state index in [9.17, 15) is 14.4 Å². The number of amides is 1. The third-order valence-corrected chi connectivity index (χ3v) is 3.90. The molecule has 0 saturated carbocycles. The summed E-state index contributed by atoms with van der Waals surface area (Å²) in [5, 5.41) is 2.64. The highest BCUT2D eigenvalue weighted by atomic mass is 16.5. The molecule has 28 heavy (non-hydrogen) atoms. The maximum absolute atomic E-state index is 12.1. The molecule has 1 N–H and O–H groups in total. The summed E-state index contributed by atoms with van der Waals surface area (Å²) in [4.78, 5) is 43.6. The summed E-state index contributed by atoms with van der Waals surface area (Å²) in [5.74, 6) is -1.49. The van der Waals surface area contributed by atoms with Crippen LogP contribution in [0.1, 0.15) is 26.3 Å². The molecule has 1 heterocycles. The van der Waals surface area contributed by atoms with Crippen molar-refractivity contribution in [3.8, 4) is 0 Å². The Labute approximate surface area is 160 Å². The molecule has 3 rings (SSSR count). The van der Waals surface area contributed by atoms with Crippen molar-refractivity contribution >= 4 is 28.9 Å². The third-order valence-electron chi connectivity index (χ3n) is 3.90. The third kappa shape index (κ3) is 4.67. The maximum Gasteiger partial charge on any atom is 0.338 e. The van der Waals surface area contributed by atoms with E-state index < -0.39 is 24.5 Å². The molecule has 0 aliphatic carbocycles. The molecule has 8 nitrogen and oxygen atoms in total. The summed E-state index contributed by atoms with van der Waals surface area (Å²) in [6.45, 7) is -0.166. The van der Waals surface area contributed by atoms with Gasteiger partial charge in [0.2, 0.25) is 0 Å². The summed E-state index contributed by atoms with van der Waals surface area (Å²) in [6, 6.07) is 11.4. The van der Waals surface area contributed by atoms with Crippen LogP contribution >= 0.6 is 0 Å². The summed E-state index contributed by atoms with van der Waals surface area (Å²) in [7, 11) is 1.31. The summed E-state index contributed by atoms with van der Waals surface area (Å²) in [6.07, 6.45) is 3.09. The second kappa shape index (κ2) is 8.72. The molecule has 0 atom stereocenters. The first-order valence-corrected chi connectivity index (χ1v) is 8.38. The van der Waals surface area contributed by atoms with E-state index in [1.165, 1.54) is 13.3 Å². The lowest BCUT2D eigenvalue weighted by molar-refractivity contribution is -0.124. The Morgan fingerprint density at radius 3 is 2.29 bits per heavy atom. The number of nitrogens with one attached hydrogen (secondary N) is 1. The highest BCUT2D eigenvalue weighted by Gasteiger charge is 2.11. The van der Waals surface area contributed by atoms with Gasteiger partial charge < -0.3 is 14.8 Å². The molecule has 1 aromatic heterocycles. The van der Waals surface area contributed by atoms with Crippen LogP contribution in [-0.2, 0) is 20.8 Å². The van der Waals surface area contributed by atoms with E-state index in [1.54, 1.807) is 48.7 Å². The monoisotopic (exact) mass is 379 g/mol. The van der Waals surface area contributed by atoms with Gasteiger partial charge >= 0.3 is 11.9 Å². The van der Waals surface area contributed by atoms with E-state index in [1.807, 2.05) is 0 Å². The number of hydrogen-bond acceptors (Lipinski definition) is 7. The standard InChI is InChI=1S/C20H17N3O5/c1-27-19(25)14-4-2-13(3-5-14)11-23-18(24)12-28-20(26)15-6-7-16-17(10-15)22-9-8-21-16/h2-10H,11-12H2,1H3,(H,23,24). The van der Waals surface area contributed by atoms with Gasteiger partial charge in [-0.3, -0.25) is 14.8 Å². The normalized spacial score (nSPS) is 10.3. The molecule has 1 amide bonds. The van der Waals surface area contributed by atoms with Crippen molar-refractivity contribution in [3.05, 3.63) is 71.5 Å². The fourth-order valence-corrected chi connectivity index (χ4v) is 2.43. The molecule has 0 spiro atoms. The number of rotatable bonds is 6. The van der Waals surface area contributed by atoms with Crippen molar-refractivity contribution < 1.29 is 23.9 Å². The van der Waals surface area contributed by atoms with Gasteiger partial charge in [-0.2, -0.15) is 0 Å². The van der Waals surface area contributed by atoms with E-state index in [0.29, 0.717) is 22.2 Å². The van der Waals surface area contributed by atoms with Gasteiger partial charge in [0.05, 0.1) is 29.3 Å². The molecular weight excluding hydrogens is 362 g/mol. The first kappa shape index (κ1) is 19.0. The van der Waals surface area contributed by atoms with Crippen molar-refractivity contribution in [2.24, 2.45) is 0 Å². The van der Waals surface area contributed by atoms with Crippen molar-refractivity contribution in [2.45, 2.75) is 6.54 Å². The zero-order valence-electron chi connectivity index (χ0n) is 15.0. The SMILES string of the molecule is COC(=O)c1ccc(CNC(=O)COC(=O)c2ccc3nccnc3c2)cc1. The molecule has 0 fully saturated rings. The van der Waals surface area contributed by atoms with Gasteiger partial charge in [0.25, 0.3) is 5.91 Å². The van der Waals surface area contributed by atoms with Crippen LogP contribution in [0.5, 0.6) is 0 Å². The maximum atomic E-state index is 12.1. The second-order valence-electron chi connectivity index (χ2n) is 5.80. The van der Waals surface area contributed by atoms with Crippen LogP contribution in [0.2, 0.25) is 0 Å². The Morgan fingerprint density at radius 1 is 0.893 bits per heavy atom. The summed E-state index contributed by atoms with van der Waals surface area (Å²) in [5.41, 5.74) is 2.73. The Morgan fingerprint density at radius 2 is 1.57 bits per heavy atom. The Balaban J connectivity index is 1.49. The van der Waals surface area contributed by atoms with Gasteiger partial charge in [-0.05, 0) is 35.9 Å². The molecule has 8 heteroatoms. The molecule has 0 radical (unpaired) electrons. The van der Waals surface area contributed by atoms with Gasteiger partial charge in [0, 0.05) is 18.9 Å². The molecule has 0 saturated heterocycles. The van der Waals surface area contributed by atoms with Gasteiger partial charge in [-0.25, -0.2) is 9.59 Å². The average Bonchev–Trinajstić information content (AvgIpc) is 2.75. The highest BCUT2D eigenvalue weighted by molar-refractivity contribution is 5.94. The number of benzene rings is 2. The van der Waals surface area contributed by atoms with Gasteiger partial charge in [0.15, 0.2) is 6.61 Å². The molecule has 142 valence electrons. The number of ether oxygens (including phenoxy) is 2. The summed E-state index contributed by atoms with van der Waals surface area (Å²) < 4.78 is 9.66. The largest absolute Gasteiger partial charge is 0.465 e. The zero-order valence-corrected chi connectivity index (χ0v) is 15.0. The van der Waals surface area contributed by atoms with Crippen LogP contribution in [0.3, 0.4) is 0 Å². The van der Waals surface area contributed by atoms with Crippen molar-refractivity contribution in [1.82, 2.24) is 15.3 Å². The van der Waals surface area contributed by atoms with E-state index in [0.717, 1.165) is 5.56 Å². The topological polar surface area (TPSA) is 107 Å². The molecule has 0 bridgehead atoms. The lowest BCUT2D eigenvalue weighted by atomic mass is 10.1. The molecule has 3 aromatic rings. The number of carbonyl (C=O) groups excluding carboxylic acids is 3. The Kier molecular flexibility index (Phi) is 5.91. The number of aromatic nitrogens is 2. The summed E-state index contributed by atoms with van der Waals surface area (Å²) >= 11 is 0. The van der Waals surface area contributed by atoms with Gasteiger partial charge in [-0.15, -0.1) is 0 Å². The number of nitrogens with zero attached hydrogens (tertiary/aromatic N) is 2. The lowest BCUT2D eigenvalue weighted by Gasteiger charge is -2.08. The molecule has 0 aliphatic heterocycles. The Hall–Kier alpha value is -3.81. The number of methoxy groups -OCH3 is 1.